The molecular formula is C17H27IN4OS. The summed E-state index contributed by atoms with van der Waals surface area (Å²) in [7, 11) is 0. The molecule has 1 aliphatic heterocycles. The van der Waals surface area contributed by atoms with Gasteiger partial charge in [0.1, 0.15) is 0 Å². The van der Waals surface area contributed by atoms with Gasteiger partial charge in [-0.05, 0) is 25.5 Å². The number of carbonyl (C=O) groups is 1. The summed E-state index contributed by atoms with van der Waals surface area (Å²) < 4.78 is 0. The predicted molar refractivity (Wildman–Crippen MR) is 112 cm³/mol. The van der Waals surface area contributed by atoms with Gasteiger partial charge in [-0.2, -0.15) is 0 Å². The number of thioether (sulfide) groups is 1. The van der Waals surface area contributed by atoms with Crippen LogP contribution in [0.25, 0.3) is 0 Å². The monoisotopic (exact) mass is 462 g/mol. The molecule has 24 heavy (non-hydrogen) atoms. The zero-order chi connectivity index (χ0) is 16.5. The molecule has 5 nitrogen and oxygen atoms in total. The molecule has 1 aliphatic rings. The van der Waals surface area contributed by atoms with E-state index in [0.29, 0.717) is 18.2 Å². The Morgan fingerprint density at radius 1 is 1.42 bits per heavy atom. The highest BCUT2D eigenvalue weighted by Crippen LogP contribution is 2.22. The normalized spacial score (nSPS) is 19.0. The minimum atomic E-state index is 0. The van der Waals surface area contributed by atoms with Crippen LogP contribution in [-0.2, 0) is 4.79 Å². The van der Waals surface area contributed by atoms with Crippen LogP contribution in [0.1, 0.15) is 26.7 Å². The third-order valence-corrected chi connectivity index (χ3v) is 4.63. The summed E-state index contributed by atoms with van der Waals surface area (Å²) in [4.78, 5) is 17.2. The number of nitrogens with zero attached hydrogens (tertiary/aromatic N) is 1. The Labute approximate surface area is 165 Å². The van der Waals surface area contributed by atoms with Crippen molar-refractivity contribution in [1.82, 2.24) is 16.0 Å². The van der Waals surface area contributed by atoms with Gasteiger partial charge < -0.3 is 16.0 Å². The first-order chi connectivity index (χ1) is 11.2. The lowest BCUT2D eigenvalue weighted by Gasteiger charge is -2.25. The molecule has 2 rings (SSSR count). The molecule has 0 spiro atoms. The summed E-state index contributed by atoms with van der Waals surface area (Å²) in [6.07, 6.45) is 1.43. The van der Waals surface area contributed by atoms with Gasteiger partial charge in [0, 0.05) is 35.7 Å². The standard InChI is InChI=1S/C17H26N4OS.HI/c1-3-18-17(21-14-9-10-16(22)19-12-14)20-11-13(2)23-15-7-5-4-6-8-15;/h4-8,13-14H,3,9-12H2,1-2H3,(H,19,22)(H2,18,20,21);1H. The van der Waals surface area contributed by atoms with Crippen molar-refractivity contribution in [3.63, 3.8) is 0 Å². The number of guanidine groups is 1. The molecule has 0 saturated carbocycles. The van der Waals surface area contributed by atoms with Gasteiger partial charge in [-0.15, -0.1) is 35.7 Å². The average Bonchev–Trinajstić information content (AvgIpc) is 2.56. The van der Waals surface area contributed by atoms with E-state index in [1.807, 2.05) is 17.8 Å². The van der Waals surface area contributed by atoms with Gasteiger partial charge in [0.25, 0.3) is 0 Å². The molecule has 3 N–H and O–H groups in total. The Kier molecular flexibility index (Phi) is 10.2. The first-order valence-electron chi connectivity index (χ1n) is 8.20. The lowest BCUT2D eigenvalue weighted by molar-refractivity contribution is -0.122. The van der Waals surface area contributed by atoms with Crippen LogP contribution in [0.4, 0.5) is 0 Å². The SMILES string of the molecule is CCNC(=NCC(C)Sc1ccccc1)NC1CCC(=O)NC1.I. The van der Waals surface area contributed by atoms with Crippen molar-refractivity contribution < 1.29 is 4.79 Å². The number of hydrogen-bond donors (Lipinski definition) is 3. The molecule has 7 heteroatoms. The van der Waals surface area contributed by atoms with Gasteiger partial charge in [-0.1, -0.05) is 25.1 Å². The third-order valence-electron chi connectivity index (χ3n) is 3.54. The molecule has 134 valence electrons. The Bertz CT molecular complexity index is 517. The van der Waals surface area contributed by atoms with Gasteiger partial charge >= 0.3 is 0 Å². The highest BCUT2D eigenvalue weighted by atomic mass is 127. The molecule has 1 amide bonds. The van der Waals surface area contributed by atoms with E-state index in [4.69, 9.17) is 0 Å². The minimum Gasteiger partial charge on any atom is -0.357 e. The van der Waals surface area contributed by atoms with Crippen molar-refractivity contribution >= 4 is 47.6 Å². The lowest BCUT2D eigenvalue weighted by Crippen LogP contribution is -2.51. The smallest absolute Gasteiger partial charge is 0.220 e. The molecule has 0 radical (unpaired) electrons. The summed E-state index contributed by atoms with van der Waals surface area (Å²) in [6, 6.07) is 10.6. The first-order valence-corrected chi connectivity index (χ1v) is 9.08. The molecule has 0 aliphatic carbocycles. The fourth-order valence-corrected chi connectivity index (χ4v) is 3.29. The molecule has 1 heterocycles. The van der Waals surface area contributed by atoms with Crippen LogP contribution in [-0.4, -0.2) is 42.8 Å². The molecular weight excluding hydrogens is 435 g/mol. The zero-order valence-corrected chi connectivity index (χ0v) is 17.4. The van der Waals surface area contributed by atoms with E-state index < -0.39 is 0 Å². The molecule has 0 aromatic heterocycles. The molecule has 0 bridgehead atoms. The Hall–Kier alpha value is -0.960. The summed E-state index contributed by atoms with van der Waals surface area (Å²) >= 11 is 1.83. The maximum atomic E-state index is 11.2. The van der Waals surface area contributed by atoms with Crippen LogP contribution < -0.4 is 16.0 Å². The topological polar surface area (TPSA) is 65.5 Å². The molecule has 2 unspecified atom stereocenters. The van der Waals surface area contributed by atoms with Crippen molar-refractivity contribution in [3.8, 4) is 0 Å². The van der Waals surface area contributed by atoms with Gasteiger partial charge in [0.2, 0.25) is 5.91 Å². The number of carbonyl (C=O) groups excluding carboxylic acids is 1. The second-order valence-corrected chi connectivity index (χ2v) is 7.16. The molecule has 1 fully saturated rings. The average molecular weight is 462 g/mol. The fraction of sp³-hybridized carbons (Fsp3) is 0.529. The number of nitrogens with one attached hydrogen (secondary N) is 3. The quantitative estimate of drug-likeness (QED) is 0.263. The highest BCUT2D eigenvalue weighted by molar-refractivity contribution is 14.0. The van der Waals surface area contributed by atoms with E-state index >= 15 is 0 Å². The number of rotatable bonds is 6. The Morgan fingerprint density at radius 2 is 2.17 bits per heavy atom. The predicted octanol–water partition coefficient (Wildman–Crippen LogP) is 2.62. The van der Waals surface area contributed by atoms with Crippen LogP contribution >= 0.6 is 35.7 Å². The minimum absolute atomic E-state index is 0. The summed E-state index contributed by atoms with van der Waals surface area (Å²) in [6.45, 7) is 6.48. The van der Waals surface area contributed by atoms with Crippen LogP contribution in [0.15, 0.2) is 40.2 Å². The Morgan fingerprint density at radius 3 is 2.79 bits per heavy atom. The van der Waals surface area contributed by atoms with Gasteiger partial charge in [0.05, 0.1) is 6.54 Å². The van der Waals surface area contributed by atoms with E-state index in [-0.39, 0.29) is 35.9 Å². The number of piperidine rings is 1. The number of hydrogen-bond acceptors (Lipinski definition) is 3. The van der Waals surface area contributed by atoms with Crippen molar-refractivity contribution in [3.05, 3.63) is 30.3 Å². The number of halogens is 1. The van der Waals surface area contributed by atoms with Crippen molar-refractivity contribution in [2.24, 2.45) is 4.99 Å². The second-order valence-electron chi connectivity index (χ2n) is 5.65. The van der Waals surface area contributed by atoms with E-state index in [0.717, 1.165) is 25.5 Å². The second kappa shape index (κ2) is 11.6. The fourth-order valence-electron chi connectivity index (χ4n) is 2.36. The van der Waals surface area contributed by atoms with E-state index in [1.165, 1.54) is 4.90 Å². The number of aliphatic imine (C=N–C) groups is 1. The van der Waals surface area contributed by atoms with Crippen molar-refractivity contribution in [2.45, 2.75) is 42.9 Å². The number of amides is 1. The van der Waals surface area contributed by atoms with Crippen molar-refractivity contribution in [1.29, 1.82) is 0 Å². The zero-order valence-electron chi connectivity index (χ0n) is 14.2. The molecule has 1 aromatic carbocycles. The van der Waals surface area contributed by atoms with Gasteiger partial charge in [0.15, 0.2) is 5.96 Å². The van der Waals surface area contributed by atoms with E-state index in [2.05, 4.69) is 59.1 Å². The molecule has 2 atom stereocenters. The van der Waals surface area contributed by atoms with Gasteiger partial charge in [-0.3, -0.25) is 9.79 Å². The molecule has 1 aromatic rings. The summed E-state index contributed by atoms with van der Waals surface area (Å²) in [5.41, 5.74) is 0. The maximum absolute atomic E-state index is 11.2. The third kappa shape index (κ3) is 7.74. The summed E-state index contributed by atoms with van der Waals surface area (Å²) in [5, 5.41) is 9.98. The van der Waals surface area contributed by atoms with Crippen molar-refractivity contribution in [2.75, 3.05) is 19.6 Å². The lowest BCUT2D eigenvalue weighted by atomic mass is 10.1. The largest absolute Gasteiger partial charge is 0.357 e. The van der Waals surface area contributed by atoms with Crippen LogP contribution in [0.2, 0.25) is 0 Å². The molecule has 1 saturated heterocycles. The van der Waals surface area contributed by atoms with Crippen LogP contribution in [0.5, 0.6) is 0 Å². The van der Waals surface area contributed by atoms with E-state index in [9.17, 15) is 4.79 Å². The summed E-state index contributed by atoms with van der Waals surface area (Å²) in [5.74, 6) is 0.965. The van der Waals surface area contributed by atoms with Gasteiger partial charge in [-0.25, -0.2) is 0 Å². The van der Waals surface area contributed by atoms with E-state index in [1.54, 1.807) is 0 Å². The maximum Gasteiger partial charge on any atom is 0.220 e. The highest BCUT2D eigenvalue weighted by Gasteiger charge is 2.18. The van der Waals surface area contributed by atoms with Crippen LogP contribution in [0.3, 0.4) is 0 Å². The Balaban J connectivity index is 0.00000288. The first kappa shape index (κ1) is 21.1. The number of benzene rings is 1. The van der Waals surface area contributed by atoms with Crippen LogP contribution in [0, 0.1) is 0 Å².